The second-order valence-corrected chi connectivity index (χ2v) is 6.18. The molecule has 0 atom stereocenters. The average Bonchev–Trinajstić information content (AvgIpc) is 2.94. The normalized spacial score (nSPS) is 11.3. The molecule has 0 fully saturated rings. The van der Waals surface area contributed by atoms with E-state index >= 15 is 0 Å². The van der Waals surface area contributed by atoms with Crippen molar-refractivity contribution in [3.8, 4) is 0 Å². The third kappa shape index (κ3) is 2.66. The molecule has 0 bridgehead atoms. The first-order valence-corrected chi connectivity index (χ1v) is 7.31. The van der Waals surface area contributed by atoms with Gasteiger partial charge in [0.1, 0.15) is 5.65 Å². The molecule has 0 aliphatic carbocycles. The lowest BCUT2D eigenvalue weighted by molar-refractivity contribution is 0.678. The van der Waals surface area contributed by atoms with Gasteiger partial charge in [0.05, 0.1) is 15.7 Å². The van der Waals surface area contributed by atoms with Gasteiger partial charge in [0.15, 0.2) is 0 Å². The quantitative estimate of drug-likeness (QED) is 0.795. The number of imidazole rings is 1. The van der Waals surface area contributed by atoms with Crippen LogP contribution in [-0.2, 0) is 13.1 Å². The van der Waals surface area contributed by atoms with Crippen LogP contribution in [0.1, 0.15) is 16.3 Å². The third-order valence-electron chi connectivity index (χ3n) is 3.05. The van der Waals surface area contributed by atoms with Crippen molar-refractivity contribution in [3.63, 3.8) is 0 Å². The van der Waals surface area contributed by atoms with Crippen molar-refractivity contribution in [2.75, 3.05) is 0 Å². The summed E-state index contributed by atoms with van der Waals surface area (Å²) in [6, 6.07) is 10.0. The van der Waals surface area contributed by atoms with E-state index in [4.69, 9.17) is 11.6 Å². The number of hydrogen-bond donors (Lipinski definition) is 1. The summed E-state index contributed by atoms with van der Waals surface area (Å²) in [5, 5.41) is 3.44. The fraction of sp³-hybridized carbons (Fsp3) is 0.214. The Labute approximate surface area is 120 Å². The fourth-order valence-corrected chi connectivity index (χ4v) is 3.19. The third-order valence-corrected chi connectivity index (χ3v) is 4.28. The zero-order valence-electron chi connectivity index (χ0n) is 10.6. The summed E-state index contributed by atoms with van der Waals surface area (Å²) in [7, 11) is 0. The molecule has 3 aromatic rings. The molecule has 0 saturated carbocycles. The lowest BCUT2D eigenvalue weighted by Gasteiger charge is -2.04. The Balaban J connectivity index is 1.73. The summed E-state index contributed by atoms with van der Waals surface area (Å²) in [6.07, 6.45) is 2.05. The van der Waals surface area contributed by atoms with Crippen LogP contribution in [-0.4, -0.2) is 9.38 Å². The van der Waals surface area contributed by atoms with Gasteiger partial charge < -0.3 is 9.72 Å². The zero-order chi connectivity index (χ0) is 13.2. The van der Waals surface area contributed by atoms with Crippen LogP contribution in [0.5, 0.6) is 0 Å². The van der Waals surface area contributed by atoms with Gasteiger partial charge in [-0.2, -0.15) is 0 Å². The molecule has 0 spiro atoms. The van der Waals surface area contributed by atoms with Crippen molar-refractivity contribution in [2.24, 2.45) is 0 Å². The number of halogens is 1. The van der Waals surface area contributed by atoms with Crippen molar-refractivity contribution in [1.82, 2.24) is 14.7 Å². The van der Waals surface area contributed by atoms with Crippen LogP contribution in [0.2, 0.25) is 4.34 Å². The van der Waals surface area contributed by atoms with Gasteiger partial charge in [-0.25, -0.2) is 4.98 Å². The Hall–Kier alpha value is -1.36. The van der Waals surface area contributed by atoms with Crippen molar-refractivity contribution in [1.29, 1.82) is 0 Å². The standard InChI is InChI=1S/C14H14ClN3S/c1-10-12(18-7-3-2-4-14(18)17-10)9-16-8-11-5-6-13(15)19-11/h2-7,16H,8-9H2,1H3. The molecular formula is C14H14ClN3S. The van der Waals surface area contributed by atoms with E-state index in [1.54, 1.807) is 11.3 Å². The molecule has 0 amide bonds. The monoisotopic (exact) mass is 291 g/mol. The number of fused-ring (bicyclic) bond motifs is 1. The summed E-state index contributed by atoms with van der Waals surface area (Å²) in [5.74, 6) is 0. The van der Waals surface area contributed by atoms with Gasteiger partial charge in [-0.3, -0.25) is 0 Å². The van der Waals surface area contributed by atoms with E-state index in [1.807, 2.05) is 37.4 Å². The van der Waals surface area contributed by atoms with Gasteiger partial charge in [0, 0.05) is 24.2 Å². The lowest BCUT2D eigenvalue weighted by Crippen LogP contribution is -2.14. The minimum absolute atomic E-state index is 0.798. The number of rotatable bonds is 4. The summed E-state index contributed by atoms with van der Waals surface area (Å²) in [6.45, 7) is 3.68. The van der Waals surface area contributed by atoms with Crippen LogP contribution < -0.4 is 5.32 Å². The van der Waals surface area contributed by atoms with Gasteiger partial charge in [0.25, 0.3) is 0 Å². The summed E-state index contributed by atoms with van der Waals surface area (Å²) in [4.78, 5) is 5.79. The molecule has 3 rings (SSSR count). The van der Waals surface area contributed by atoms with Crippen LogP contribution in [0.25, 0.3) is 5.65 Å². The molecule has 0 aromatic carbocycles. The van der Waals surface area contributed by atoms with Gasteiger partial charge in [-0.05, 0) is 31.2 Å². The van der Waals surface area contributed by atoms with Crippen LogP contribution in [0.4, 0.5) is 0 Å². The molecule has 0 aliphatic rings. The Bertz CT molecular complexity index is 702. The second-order valence-electron chi connectivity index (χ2n) is 4.38. The Morgan fingerprint density at radius 2 is 2.16 bits per heavy atom. The van der Waals surface area contributed by atoms with Crippen LogP contribution in [0, 0.1) is 6.92 Å². The second kappa shape index (κ2) is 5.33. The molecule has 0 radical (unpaired) electrons. The first kappa shape index (κ1) is 12.7. The molecule has 0 aliphatic heterocycles. The van der Waals surface area contributed by atoms with E-state index in [0.29, 0.717) is 0 Å². The van der Waals surface area contributed by atoms with E-state index < -0.39 is 0 Å². The van der Waals surface area contributed by atoms with Gasteiger partial charge in [0.2, 0.25) is 0 Å². The van der Waals surface area contributed by atoms with Crippen molar-refractivity contribution < 1.29 is 0 Å². The number of nitrogens with zero attached hydrogens (tertiary/aromatic N) is 2. The number of hydrogen-bond acceptors (Lipinski definition) is 3. The molecule has 5 heteroatoms. The average molecular weight is 292 g/mol. The molecule has 19 heavy (non-hydrogen) atoms. The Kier molecular flexibility index (Phi) is 3.55. The Morgan fingerprint density at radius 1 is 1.26 bits per heavy atom. The summed E-state index contributed by atoms with van der Waals surface area (Å²) in [5.41, 5.74) is 3.28. The number of aryl methyl sites for hydroxylation is 1. The van der Waals surface area contributed by atoms with Crippen molar-refractivity contribution >= 4 is 28.6 Å². The van der Waals surface area contributed by atoms with Crippen LogP contribution in [0.3, 0.4) is 0 Å². The predicted octanol–water partition coefficient (Wildman–Crippen LogP) is 3.65. The molecule has 0 saturated heterocycles. The first-order valence-electron chi connectivity index (χ1n) is 6.11. The summed E-state index contributed by atoms with van der Waals surface area (Å²) < 4.78 is 2.96. The van der Waals surface area contributed by atoms with E-state index in [1.165, 1.54) is 10.6 Å². The van der Waals surface area contributed by atoms with Gasteiger partial charge in [-0.1, -0.05) is 17.7 Å². The molecule has 3 heterocycles. The van der Waals surface area contributed by atoms with E-state index in [2.05, 4.69) is 20.8 Å². The SMILES string of the molecule is Cc1nc2ccccn2c1CNCc1ccc(Cl)s1. The van der Waals surface area contributed by atoms with E-state index in [0.717, 1.165) is 28.8 Å². The van der Waals surface area contributed by atoms with Crippen molar-refractivity contribution in [3.05, 3.63) is 57.1 Å². The number of thiophene rings is 1. The maximum absolute atomic E-state index is 5.92. The highest BCUT2D eigenvalue weighted by molar-refractivity contribution is 7.16. The number of pyridine rings is 1. The molecular weight excluding hydrogens is 278 g/mol. The Morgan fingerprint density at radius 3 is 2.95 bits per heavy atom. The molecule has 3 aromatic heterocycles. The van der Waals surface area contributed by atoms with Gasteiger partial charge in [-0.15, -0.1) is 11.3 Å². The topological polar surface area (TPSA) is 29.3 Å². The van der Waals surface area contributed by atoms with Crippen molar-refractivity contribution in [2.45, 2.75) is 20.0 Å². The van der Waals surface area contributed by atoms with Crippen LogP contribution in [0.15, 0.2) is 36.5 Å². The predicted molar refractivity (Wildman–Crippen MR) is 79.8 cm³/mol. The molecule has 1 N–H and O–H groups in total. The smallest absolute Gasteiger partial charge is 0.137 e. The number of aromatic nitrogens is 2. The van der Waals surface area contributed by atoms with Crippen LogP contribution >= 0.6 is 22.9 Å². The maximum Gasteiger partial charge on any atom is 0.137 e. The molecule has 98 valence electrons. The fourth-order valence-electron chi connectivity index (χ4n) is 2.13. The zero-order valence-corrected chi connectivity index (χ0v) is 12.1. The minimum atomic E-state index is 0.798. The largest absolute Gasteiger partial charge is 0.306 e. The highest BCUT2D eigenvalue weighted by atomic mass is 35.5. The lowest BCUT2D eigenvalue weighted by atomic mass is 10.3. The van der Waals surface area contributed by atoms with E-state index in [9.17, 15) is 0 Å². The minimum Gasteiger partial charge on any atom is -0.306 e. The molecule has 3 nitrogen and oxygen atoms in total. The molecule has 0 unspecified atom stereocenters. The first-order chi connectivity index (χ1) is 9.24. The number of nitrogens with one attached hydrogen (secondary N) is 1. The van der Waals surface area contributed by atoms with E-state index in [-0.39, 0.29) is 0 Å². The maximum atomic E-state index is 5.92. The highest BCUT2D eigenvalue weighted by Crippen LogP contribution is 2.21. The summed E-state index contributed by atoms with van der Waals surface area (Å²) >= 11 is 7.53. The highest BCUT2D eigenvalue weighted by Gasteiger charge is 2.07. The van der Waals surface area contributed by atoms with Gasteiger partial charge >= 0.3 is 0 Å².